The van der Waals surface area contributed by atoms with E-state index in [0.717, 1.165) is 23.1 Å². The molecule has 106 valence electrons. The van der Waals surface area contributed by atoms with Crippen molar-refractivity contribution in [2.75, 3.05) is 12.3 Å². The van der Waals surface area contributed by atoms with Crippen molar-refractivity contribution >= 4 is 16.7 Å². The van der Waals surface area contributed by atoms with Crippen LogP contribution < -0.4 is 11.1 Å². The fourth-order valence-corrected chi connectivity index (χ4v) is 3.08. The highest BCUT2D eigenvalue weighted by Crippen LogP contribution is 2.29. The molecule has 1 aliphatic rings. The molecule has 3 aromatic rings. The lowest BCUT2D eigenvalue weighted by Gasteiger charge is -2.09. The number of nitrogens with one attached hydrogen (secondary N) is 1. The van der Waals surface area contributed by atoms with Gasteiger partial charge in [0.15, 0.2) is 0 Å². The molecule has 1 aromatic heterocycles. The molecule has 21 heavy (non-hydrogen) atoms. The Morgan fingerprint density at radius 2 is 2.00 bits per heavy atom. The highest BCUT2D eigenvalue weighted by Gasteiger charge is 2.18. The van der Waals surface area contributed by atoms with Crippen LogP contribution in [-0.2, 0) is 0 Å². The second kappa shape index (κ2) is 4.90. The maximum atomic E-state index is 6.26. The lowest BCUT2D eigenvalue weighted by Crippen LogP contribution is -2.12. The average molecular weight is 278 g/mol. The number of hydrogen-bond donors (Lipinski definition) is 2. The molecule has 0 bridgehead atoms. The Balaban J connectivity index is 1.82. The number of anilines is 1. The molecular formula is C17H18N4. The molecule has 4 nitrogen and oxygen atoms in total. The number of benzene rings is 2. The standard InChI is InChI=1S/C17H18N4/c18-17-14-9-8-12(15-7-4-10-19-15)11-16(14)20-21(17)13-5-2-1-3-6-13/h1-3,5-6,8-9,11,15,19H,4,7,10,18H2. The Kier molecular flexibility index (Phi) is 2.89. The number of rotatable bonds is 2. The summed E-state index contributed by atoms with van der Waals surface area (Å²) < 4.78 is 1.82. The van der Waals surface area contributed by atoms with E-state index in [2.05, 4.69) is 28.6 Å². The van der Waals surface area contributed by atoms with Crippen molar-refractivity contribution in [2.45, 2.75) is 18.9 Å². The van der Waals surface area contributed by atoms with Gasteiger partial charge in [-0.05, 0) is 49.2 Å². The topological polar surface area (TPSA) is 55.9 Å². The minimum absolute atomic E-state index is 0.456. The minimum atomic E-state index is 0.456. The van der Waals surface area contributed by atoms with Gasteiger partial charge in [0.1, 0.15) is 5.82 Å². The molecule has 2 heterocycles. The van der Waals surface area contributed by atoms with E-state index in [0.29, 0.717) is 11.9 Å². The van der Waals surface area contributed by atoms with Crippen LogP contribution in [0.25, 0.3) is 16.6 Å². The molecule has 1 atom stereocenters. The van der Waals surface area contributed by atoms with Gasteiger partial charge in [-0.15, -0.1) is 0 Å². The summed E-state index contributed by atoms with van der Waals surface area (Å²) in [6, 6.07) is 16.9. The first-order chi connectivity index (χ1) is 10.3. The van der Waals surface area contributed by atoms with Crippen molar-refractivity contribution < 1.29 is 0 Å². The molecule has 4 heteroatoms. The number of hydrogen-bond acceptors (Lipinski definition) is 3. The van der Waals surface area contributed by atoms with Gasteiger partial charge < -0.3 is 11.1 Å². The zero-order valence-electron chi connectivity index (χ0n) is 11.8. The monoisotopic (exact) mass is 278 g/mol. The number of nitrogen functional groups attached to an aromatic ring is 1. The molecule has 1 fully saturated rings. The number of para-hydroxylation sites is 1. The SMILES string of the molecule is Nc1c2ccc(C3CCCN3)cc2nn1-c1ccccc1. The van der Waals surface area contributed by atoms with Gasteiger partial charge in [0.25, 0.3) is 0 Å². The van der Waals surface area contributed by atoms with E-state index in [-0.39, 0.29) is 0 Å². The molecule has 1 unspecified atom stereocenters. The van der Waals surface area contributed by atoms with Crippen molar-refractivity contribution in [1.29, 1.82) is 0 Å². The minimum Gasteiger partial charge on any atom is -0.383 e. The fraction of sp³-hybridized carbons (Fsp3) is 0.235. The predicted molar refractivity (Wildman–Crippen MR) is 85.5 cm³/mol. The zero-order valence-corrected chi connectivity index (χ0v) is 11.8. The van der Waals surface area contributed by atoms with Crippen LogP contribution >= 0.6 is 0 Å². The summed E-state index contributed by atoms with van der Waals surface area (Å²) in [6.07, 6.45) is 2.43. The van der Waals surface area contributed by atoms with Crippen LogP contribution in [0, 0.1) is 0 Å². The number of nitrogens with zero attached hydrogens (tertiary/aromatic N) is 2. The van der Waals surface area contributed by atoms with Crippen LogP contribution in [-0.4, -0.2) is 16.3 Å². The van der Waals surface area contributed by atoms with E-state index in [1.54, 1.807) is 0 Å². The summed E-state index contributed by atoms with van der Waals surface area (Å²) >= 11 is 0. The summed E-state index contributed by atoms with van der Waals surface area (Å²) in [5.74, 6) is 0.696. The quantitative estimate of drug-likeness (QED) is 0.757. The van der Waals surface area contributed by atoms with Gasteiger partial charge in [0, 0.05) is 11.4 Å². The molecule has 0 spiro atoms. The molecule has 0 radical (unpaired) electrons. The average Bonchev–Trinajstić information content (AvgIpc) is 3.16. The van der Waals surface area contributed by atoms with Crippen molar-refractivity contribution in [1.82, 2.24) is 15.1 Å². The van der Waals surface area contributed by atoms with Gasteiger partial charge in [0.05, 0.1) is 11.2 Å². The molecule has 1 aliphatic heterocycles. The number of aromatic nitrogens is 2. The van der Waals surface area contributed by atoms with E-state index < -0.39 is 0 Å². The van der Waals surface area contributed by atoms with Gasteiger partial charge in [0.2, 0.25) is 0 Å². The van der Waals surface area contributed by atoms with Crippen LogP contribution in [0.2, 0.25) is 0 Å². The smallest absolute Gasteiger partial charge is 0.135 e. The third-order valence-corrected chi connectivity index (χ3v) is 4.20. The van der Waals surface area contributed by atoms with E-state index in [1.807, 2.05) is 35.0 Å². The first-order valence-electron chi connectivity index (χ1n) is 7.40. The van der Waals surface area contributed by atoms with E-state index >= 15 is 0 Å². The Hall–Kier alpha value is -2.33. The molecule has 1 saturated heterocycles. The van der Waals surface area contributed by atoms with Gasteiger partial charge in [-0.2, -0.15) is 5.10 Å². The first kappa shape index (κ1) is 12.4. The van der Waals surface area contributed by atoms with Gasteiger partial charge in [-0.1, -0.05) is 24.3 Å². The predicted octanol–water partition coefficient (Wildman–Crippen LogP) is 3.03. The summed E-state index contributed by atoms with van der Waals surface area (Å²) in [7, 11) is 0. The summed E-state index contributed by atoms with van der Waals surface area (Å²) in [6.45, 7) is 1.10. The van der Waals surface area contributed by atoms with Crippen LogP contribution in [0.15, 0.2) is 48.5 Å². The van der Waals surface area contributed by atoms with E-state index in [9.17, 15) is 0 Å². The lowest BCUT2D eigenvalue weighted by atomic mass is 10.0. The molecule has 4 rings (SSSR count). The molecule has 2 aromatic carbocycles. The second-order valence-electron chi connectivity index (χ2n) is 5.56. The Morgan fingerprint density at radius 3 is 2.76 bits per heavy atom. The van der Waals surface area contributed by atoms with E-state index in [4.69, 9.17) is 5.73 Å². The second-order valence-corrected chi connectivity index (χ2v) is 5.56. The van der Waals surface area contributed by atoms with Crippen molar-refractivity contribution in [3.05, 3.63) is 54.1 Å². The van der Waals surface area contributed by atoms with Crippen molar-refractivity contribution in [3.8, 4) is 5.69 Å². The summed E-state index contributed by atoms with van der Waals surface area (Å²) in [4.78, 5) is 0. The molecule has 0 aliphatic carbocycles. The maximum absolute atomic E-state index is 6.26. The lowest BCUT2D eigenvalue weighted by molar-refractivity contribution is 0.648. The first-order valence-corrected chi connectivity index (χ1v) is 7.40. The summed E-state index contributed by atoms with van der Waals surface area (Å²) in [5, 5.41) is 9.22. The molecular weight excluding hydrogens is 260 g/mol. The largest absolute Gasteiger partial charge is 0.383 e. The van der Waals surface area contributed by atoms with Crippen LogP contribution in [0.1, 0.15) is 24.4 Å². The van der Waals surface area contributed by atoms with Crippen LogP contribution in [0.3, 0.4) is 0 Å². The van der Waals surface area contributed by atoms with Gasteiger partial charge >= 0.3 is 0 Å². The Labute approximate surface area is 123 Å². The normalized spacial score (nSPS) is 18.4. The summed E-state index contributed by atoms with van der Waals surface area (Å²) in [5.41, 5.74) is 9.52. The molecule has 0 amide bonds. The Morgan fingerprint density at radius 1 is 1.14 bits per heavy atom. The zero-order chi connectivity index (χ0) is 14.2. The fourth-order valence-electron chi connectivity index (χ4n) is 3.08. The van der Waals surface area contributed by atoms with Crippen LogP contribution in [0.4, 0.5) is 5.82 Å². The van der Waals surface area contributed by atoms with Crippen molar-refractivity contribution in [3.63, 3.8) is 0 Å². The molecule has 3 N–H and O–H groups in total. The Bertz CT molecular complexity index is 770. The molecule has 0 saturated carbocycles. The van der Waals surface area contributed by atoms with E-state index in [1.165, 1.54) is 18.4 Å². The highest BCUT2D eigenvalue weighted by atomic mass is 15.3. The van der Waals surface area contributed by atoms with Gasteiger partial charge in [-0.25, -0.2) is 4.68 Å². The van der Waals surface area contributed by atoms with Gasteiger partial charge in [-0.3, -0.25) is 0 Å². The third kappa shape index (κ3) is 2.08. The number of nitrogens with two attached hydrogens (primary N) is 1. The van der Waals surface area contributed by atoms with Crippen molar-refractivity contribution in [2.24, 2.45) is 0 Å². The third-order valence-electron chi connectivity index (χ3n) is 4.20. The maximum Gasteiger partial charge on any atom is 0.135 e. The number of fused-ring (bicyclic) bond motifs is 1. The highest BCUT2D eigenvalue weighted by molar-refractivity contribution is 5.90. The van der Waals surface area contributed by atoms with Crippen LogP contribution in [0.5, 0.6) is 0 Å².